The van der Waals surface area contributed by atoms with Crippen LogP contribution in [0, 0.1) is 0 Å². The van der Waals surface area contributed by atoms with Crippen LogP contribution >= 0.6 is 12.4 Å². The molecule has 5 nitrogen and oxygen atoms in total. The number of fused-ring (bicyclic) bond motifs is 1. The molecule has 1 aromatic carbocycles. The summed E-state index contributed by atoms with van der Waals surface area (Å²) in [7, 11) is 1.93. The van der Waals surface area contributed by atoms with Crippen LogP contribution in [0.2, 0.25) is 0 Å². The molecule has 0 aliphatic rings. The van der Waals surface area contributed by atoms with E-state index in [2.05, 4.69) is 22.1 Å². The summed E-state index contributed by atoms with van der Waals surface area (Å²) < 4.78 is 1.86. The van der Waals surface area contributed by atoms with Crippen LogP contribution in [0.4, 0.5) is 0 Å². The van der Waals surface area contributed by atoms with Crippen LogP contribution in [0.3, 0.4) is 0 Å². The molecule has 26 heavy (non-hydrogen) atoms. The highest BCUT2D eigenvalue weighted by molar-refractivity contribution is 5.93. The summed E-state index contributed by atoms with van der Waals surface area (Å²) in [5.41, 5.74) is 11.6. The molecule has 3 heterocycles. The van der Waals surface area contributed by atoms with Crippen molar-refractivity contribution < 1.29 is 0 Å². The van der Waals surface area contributed by atoms with Gasteiger partial charge in [0.05, 0.1) is 11.7 Å². The van der Waals surface area contributed by atoms with Crippen LogP contribution in [0.5, 0.6) is 0 Å². The number of halogens is 1. The van der Waals surface area contributed by atoms with Crippen molar-refractivity contribution in [2.75, 3.05) is 0 Å². The van der Waals surface area contributed by atoms with E-state index >= 15 is 0 Å². The van der Waals surface area contributed by atoms with E-state index in [1.807, 2.05) is 54.3 Å². The molecule has 6 heteroatoms. The molecule has 0 amide bonds. The van der Waals surface area contributed by atoms with E-state index in [0.717, 1.165) is 33.4 Å². The second-order valence-electron chi connectivity index (χ2n) is 6.08. The number of aryl methyl sites for hydroxylation is 1. The normalized spacial score (nSPS) is 11.9. The molecule has 0 aliphatic heterocycles. The van der Waals surface area contributed by atoms with Crippen LogP contribution in [-0.2, 0) is 13.5 Å². The molecule has 0 fully saturated rings. The van der Waals surface area contributed by atoms with Crippen molar-refractivity contribution in [1.29, 1.82) is 0 Å². The van der Waals surface area contributed by atoms with Crippen molar-refractivity contribution in [1.82, 2.24) is 19.7 Å². The molecule has 0 spiro atoms. The van der Waals surface area contributed by atoms with E-state index in [-0.39, 0.29) is 18.4 Å². The molecule has 3 aromatic heterocycles. The third-order valence-electron chi connectivity index (χ3n) is 4.42. The predicted molar refractivity (Wildman–Crippen MR) is 106 cm³/mol. The zero-order valence-electron chi connectivity index (χ0n) is 14.4. The summed E-state index contributed by atoms with van der Waals surface area (Å²) in [5, 5.41) is 5.79. The van der Waals surface area contributed by atoms with Gasteiger partial charge in [0.2, 0.25) is 0 Å². The monoisotopic (exact) mass is 365 g/mol. The number of hydrogen-bond acceptors (Lipinski definition) is 4. The lowest BCUT2D eigenvalue weighted by Gasteiger charge is -2.15. The van der Waals surface area contributed by atoms with Gasteiger partial charge in [-0.25, -0.2) is 0 Å². The smallest absolute Gasteiger partial charge is 0.101 e. The third kappa shape index (κ3) is 3.31. The lowest BCUT2D eigenvalue weighted by molar-refractivity contribution is 0.707. The van der Waals surface area contributed by atoms with Gasteiger partial charge in [0.15, 0.2) is 0 Å². The number of benzene rings is 1. The summed E-state index contributed by atoms with van der Waals surface area (Å²) in [5.74, 6) is 0. The number of nitrogens with two attached hydrogens (primary N) is 1. The Kier molecular flexibility index (Phi) is 5.30. The molecule has 1 atom stereocenters. The van der Waals surface area contributed by atoms with Gasteiger partial charge in [0.1, 0.15) is 5.69 Å². The summed E-state index contributed by atoms with van der Waals surface area (Å²) >= 11 is 0. The minimum atomic E-state index is -0.148. The summed E-state index contributed by atoms with van der Waals surface area (Å²) in [6.07, 6.45) is 6.11. The maximum absolute atomic E-state index is 6.53. The average molecular weight is 366 g/mol. The number of aromatic nitrogens is 4. The molecule has 0 bridgehead atoms. The van der Waals surface area contributed by atoms with Crippen LogP contribution in [0.1, 0.15) is 17.3 Å². The van der Waals surface area contributed by atoms with Gasteiger partial charge in [-0.3, -0.25) is 14.6 Å². The fraction of sp³-hybridized carbons (Fsp3) is 0.150. The van der Waals surface area contributed by atoms with Crippen LogP contribution < -0.4 is 5.73 Å². The SMILES string of the molecule is Cl.Cn1nc(-c2ccccc2C(N)Cc2ccccn2)c2ccncc21. The lowest BCUT2D eigenvalue weighted by atomic mass is 9.94. The Morgan fingerprint density at radius 3 is 2.65 bits per heavy atom. The molecule has 4 aromatic rings. The lowest BCUT2D eigenvalue weighted by Crippen LogP contribution is -2.15. The van der Waals surface area contributed by atoms with E-state index < -0.39 is 0 Å². The zero-order chi connectivity index (χ0) is 17.2. The van der Waals surface area contributed by atoms with Crippen molar-refractivity contribution >= 4 is 23.3 Å². The fourth-order valence-corrected chi connectivity index (χ4v) is 3.19. The molecule has 132 valence electrons. The Morgan fingerprint density at radius 2 is 1.85 bits per heavy atom. The second kappa shape index (κ2) is 7.64. The maximum atomic E-state index is 6.53. The average Bonchev–Trinajstić information content (AvgIpc) is 3.00. The molecular weight excluding hydrogens is 346 g/mol. The Hall–Kier alpha value is -2.76. The molecule has 0 saturated carbocycles. The molecule has 4 rings (SSSR count). The summed E-state index contributed by atoms with van der Waals surface area (Å²) in [6.45, 7) is 0. The fourth-order valence-electron chi connectivity index (χ4n) is 3.19. The first-order valence-corrected chi connectivity index (χ1v) is 8.25. The van der Waals surface area contributed by atoms with Gasteiger partial charge in [-0.1, -0.05) is 30.3 Å². The minimum absolute atomic E-state index is 0. The van der Waals surface area contributed by atoms with Crippen LogP contribution in [-0.4, -0.2) is 19.7 Å². The van der Waals surface area contributed by atoms with E-state index in [1.54, 1.807) is 12.4 Å². The highest BCUT2D eigenvalue weighted by atomic mass is 35.5. The van der Waals surface area contributed by atoms with Gasteiger partial charge >= 0.3 is 0 Å². The van der Waals surface area contributed by atoms with Crippen molar-refractivity contribution in [2.24, 2.45) is 12.8 Å². The van der Waals surface area contributed by atoms with Crippen molar-refractivity contribution in [3.8, 4) is 11.3 Å². The van der Waals surface area contributed by atoms with Crippen LogP contribution in [0.15, 0.2) is 67.1 Å². The Morgan fingerprint density at radius 1 is 1.04 bits per heavy atom. The number of pyridine rings is 2. The quantitative estimate of drug-likeness (QED) is 0.598. The number of nitrogens with zero attached hydrogens (tertiary/aromatic N) is 4. The first-order valence-electron chi connectivity index (χ1n) is 8.25. The highest BCUT2D eigenvalue weighted by Crippen LogP contribution is 2.32. The molecule has 2 N–H and O–H groups in total. The maximum Gasteiger partial charge on any atom is 0.101 e. The minimum Gasteiger partial charge on any atom is -0.324 e. The highest BCUT2D eigenvalue weighted by Gasteiger charge is 2.17. The van der Waals surface area contributed by atoms with Gasteiger partial charge in [-0.15, -0.1) is 12.4 Å². The first kappa shape index (κ1) is 18.0. The number of hydrogen-bond donors (Lipinski definition) is 1. The standard InChI is InChI=1S/C20H19N5.ClH/c1-25-19-13-22-11-9-17(19)20(24-25)16-8-3-2-7-15(16)18(21)12-14-6-4-5-10-23-14;/h2-11,13,18H,12,21H2,1H3;1H. The molecule has 0 aliphatic carbocycles. The van der Waals surface area contributed by atoms with E-state index in [0.29, 0.717) is 6.42 Å². The summed E-state index contributed by atoms with van der Waals surface area (Å²) in [6, 6.07) is 15.9. The zero-order valence-corrected chi connectivity index (χ0v) is 15.2. The van der Waals surface area contributed by atoms with Crippen molar-refractivity contribution in [2.45, 2.75) is 12.5 Å². The Bertz CT molecular complexity index is 1010. The van der Waals surface area contributed by atoms with Gasteiger partial charge in [0, 0.05) is 48.5 Å². The predicted octanol–water partition coefficient (Wildman–Crippen LogP) is 3.69. The molecule has 0 saturated heterocycles. The molecule has 0 radical (unpaired) electrons. The number of rotatable bonds is 4. The van der Waals surface area contributed by atoms with Gasteiger partial charge in [-0.05, 0) is 23.8 Å². The molecular formula is C20H20ClN5. The summed E-state index contributed by atoms with van der Waals surface area (Å²) in [4.78, 5) is 8.59. The second-order valence-corrected chi connectivity index (χ2v) is 6.08. The van der Waals surface area contributed by atoms with Gasteiger partial charge in [0.25, 0.3) is 0 Å². The molecule has 1 unspecified atom stereocenters. The van der Waals surface area contributed by atoms with E-state index in [4.69, 9.17) is 10.8 Å². The topological polar surface area (TPSA) is 69.6 Å². The van der Waals surface area contributed by atoms with Crippen molar-refractivity contribution in [3.05, 3.63) is 78.4 Å². The Balaban J connectivity index is 0.00000196. The van der Waals surface area contributed by atoms with Crippen molar-refractivity contribution in [3.63, 3.8) is 0 Å². The third-order valence-corrected chi connectivity index (χ3v) is 4.42. The van der Waals surface area contributed by atoms with Crippen LogP contribution in [0.25, 0.3) is 22.2 Å². The van der Waals surface area contributed by atoms with Gasteiger partial charge in [-0.2, -0.15) is 5.10 Å². The first-order chi connectivity index (χ1) is 12.2. The Labute approximate surface area is 158 Å². The van der Waals surface area contributed by atoms with E-state index in [1.165, 1.54) is 0 Å². The largest absolute Gasteiger partial charge is 0.324 e. The van der Waals surface area contributed by atoms with Gasteiger partial charge < -0.3 is 5.73 Å². The van der Waals surface area contributed by atoms with E-state index in [9.17, 15) is 0 Å².